The largest absolute Gasteiger partial charge is 0.489 e. The van der Waals surface area contributed by atoms with Gasteiger partial charge in [0.25, 0.3) is 0 Å². The Morgan fingerprint density at radius 2 is 1.75 bits per heavy atom. The number of nitrogens with zero attached hydrogens (tertiary/aromatic N) is 1. The van der Waals surface area contributed by atoms with Crippen LogP contribution in [0.3, 0.4) is 0 Å². The molecular weight excluding hydrogens is 396 g/mol. The molecular formula is C28H30N2O2. The third kappa shape index (κ3) is 6.24. The number of rotatable bonds is 7. The molecule has 0 spiro atoms. The van der Waals surface area contributed by atoms with Crippen LogP contribution in [-0.4, -0.2) is 19.0 Å². The van der Waals surface area contributed by atoms with Crippen LogP contribution in [-0.2, 0) is 11.4 Å². The number of amides is 1. The number of nitrogens with one attached hydrogen (secondary N) is 1. The highest BCUT2D eigenvalue weighted by Crippen LogP contribution is 2.24. The molecule has 0 unspecified atom stereocenters. The minimum absolute atomic E-state index is 0.153. The summed E-state index contributed by atoms with van der Waals surface area (Å²) < 4.78 is 5.86. The van der Waals surface area contributed by atoms with Crippen molar-refractivity contribution in [2.45, 2.75) is 26.4 Å². The average Bonchev–Trinajstić information content (AvgIpc) is 2.83. The summed E-state index contributed by atoms with van der Waals surface area (Å²) in [4.78, 5) is 14.8. The second kappa shape index (κ2) is 10.7. The Kier molecular flexibility index (Phi) is 7.23. The van der Waals surface area contributed by atoms with Crippen molar-refractivity contribution in [1.82, 2.24) is 0 Å². The topological polar surface area (TPSA) is 41.6 Å². The molecule has 1 amide bonds. The number of benzene rings is 3. The van der Waals surface area contributed by atoms with Gasteiger partial charge in [0.1, 0.15) is 12.4 Å². The van der Waals surface area contributed by atoms with Crippen LogP contribution in [0.5, 0.6) is 5.75 Å². The first-order chi connectivity index (χ1) is 15.7. The molecule has 0 bridgehead atoms. The Morgan fingerprint density at radius 3 is 2.50 bits per heavy atom. The Balaban J connectivity index is 1.29. The van der Waals surface area contributed by atoms with Gasteiger partial charge in [0.15, 0.2) is 0 Å². The van der Waals surface area contributed by atoms with Crippen LogP contribution < -0.4 is 15.0 Å². The predicted molar refractivity (Wildman–Crippen MR) is 132 cm³/mol. The maximum Gasteiger partial charge on any atom is 0.248 e. The van der Waals surface area contributed by atoms with Gasteiger partial charge in [-0.2, -0.15) is 0 Å². The maximum atomic E-state index is 12.4. The number of hydrogen-bond donors (Lipinski definition) is 1. The lowest BCUT2D eigenvalue weighted by atomic mass is 9.99. The second-order valence-electron chi connectivity index (χ2n) is 8.39. The van der Waals surface area contributed by atoms with Gasteiger partial charge in [0.05, 0.1) is 0 Å². The zero-order chi connectivity index (χ0) is 22.2. The summed E-state index contributed by atoms with van der Waals surface area (Å²) in [5.41, 5.74) is 4.06. The van der Waals surface area contributed by atoms with E-state index in [1.54, 1.807) is 12.2 Å². The molecule has 164 valence electrons. The molecule has 1 aliphatic heterocycles. The van der Waals surface area contributed by atoms with Gasteiger partial charge in [-0.25, -0.2) is 0 Å². The molecule has 0 aliphatic carbocycles. The fourth-order valence-electron chi connectivity index (χ4n) is 3.83. The van der Waals surface area contributed by atoms with E-state index in [0.717, 1.165) is 41.6 Å². The molecule has 1 fully saturated rings. The SMILES string of the molecule is CC1CCN(c2ccc(NC(=O)/C=C/c3cccc(OCc4ccccc4)c3)cc2)CC1. The molecule has 3 aromatic carbocycles. The van der Waals surface area contributed by atoms with Crippen molar-refractivity contribution in [3.8, 4) is 5.75 Å². The van der Waals surface area contributed by atoms with Crippen molar-refractivity contribution in [2.24, 2.45) is 5.92 Å². The summed E-state index contributed by atoms with van der Waals surface area (Å²) >= 11 is 0. The number of carbonyl (C=O) groups is 1. The van der Waals surface area contributed by atoms with Gasteiger partial charge in [-0.05, 0) is 72.4 Å². The molecule has 0 aromatic heterocycles. The molecule has 0 radical (unpaired) electrons. The highest BCUT2D eigenvalue weighted by Gasteiger charge is 2.15. The highest BCUT2D eigenvalue weighted by atomic mass is 16.5. The van der Waals surface area contributed by atoms with Gasteiger partial charge in [0.2, 0.25) is 5.91 Å². The second-order valence-corrected chi connectivity index (χ2v) is 8.39. The summed E-state index contributed by atoms with van der Waals surface area (Å²) in [7, 11) is 0. The van der Waals surface area contributed by atoms with Gasteiger partial charge >= 0.3 is 0 Å². The van der Waals surface area contributed by atoms with Gasteiger partial charge in [-0.15, -0.1) is 0 Å². The number of piperidine rings is 1. The Bertz CT molecular complexity index is 1040. The van der Waals surface area contributed by atoms with Crippen LogP contribution in [0.25, 0.3) is 6.08 Å². The molecule has 1 aliphatic rings. The van der Waals surface area contributed by atoms with E-state index in [1.807, 2.05) is 66.7 Å². The van der Waals surface area contributed by atoms with E-state index in [9.17, 15) is 4.79 Å². The first kappa shape index (κ1) is 21.7. The average molecular weight is 427 g/mol. The fraction of sp³-hybridized carbons (Fsp3) is 0.250. The predicted octanol–water partition coefficient (Wildman–Crippen LogP) is 6.15. The van der Waals surface area contributed by atoms with Gasteiger partial charge in [-0.1, -0.05) is 49.4 Å². The lowest BCUT2D eigenvalue weighted by Crippen LogP contribution is -2.32. The third-order valence-electron chi connectivity index (χ3n) is 5.82. The minimum Gasteiger partial charge on any atom is -0.489 e. The first-order valence-corrected chi connectivity index (χ1v) is 11.3. The lowest BCUT2D eigenvalue weighted by Gasteiger charge is -2.32. The monoisotopic (exact) mass is 426 g/mol. The van der Waals surface area contributed by atoms with Crippen molar-refractivity contribution >= 4 is 23.4 Å². The van der Waals surface area contributed by atoms with Crippen molar-refractivity contribution in [3.05, 3.63) is 96.1 Å². The van der Waals surface area contributed by atoms with E-state index in [-0.39, 0.29) is 5.91 Å². The standard InChI is InChI=1S/C28H30N2O2/c1-22-16-18-30(19-17-22)26-13-11-25(12-14-26)29-28(31)15-10-23-8-5-9-27(20-23)32-21-24-6-3-2-4-7-24/h2-15,20,22H,16-19,21H2,1H3,(H,29,31)/b15-10+. The molecule has 0 atom stereocenters. The minimum atomic E-state index is -0.153. The number of anilines is 2. The summed E-state index contributed by atoms with van der Waals surface area (Å²) in [5, 5.41) is 2.94. The fourth-order valence-corrected chi connectivity index (χ4v) is 3.83. The van der Waals surface area contributed by atoms with Crippen LogP contribution in [0.15, 0.2) is 84.9 Å². The number of hydrogen-bond acceptors (Lipinski definition) is 3. The summed E-state index contributed by atoms with van der Waals surface area (Å²) in [6, 6.07) is 25.9. The summed E-state index contributed by atoms with van der Waals surface area (Å²) in [6.07, 6.45) is 5.83. The smallest absolute Gasteiger partial charge is 0.248 e. The van der Waals surface area contributed by atoms with Crippen molar-refractivity contribution in [3.63, 3.8) is 0 Å². The quantitative estimate of drug-likeness (QED) is 0.461. The summed E-state index contributed by atoms with van der Waals surface area (Å²) in [6.45, 7) is 5.03. The van der Waals surface area contributed by atoms with E-state index in [0.29, 0.717) is 6.61 Å². The van der Waals surface area contributed by atoms with E-state index in [2.05, 4.69) is 29.3 Å². The first-order valence-electron chi connectivity index (χ1n) is 11.3. The number of ether oxygens (including phenoxy) is 1. The molecule has 4 rings (SSSR count). The van der Waals surface area contributed by atoms with E-state index in [4.69, 9.17) is 4.74 Å². The Labute approximate surface area is 190 Å². The molecule has 4 heteroatoms. The lowest BCUT2D eigenvalue weighted by molar-refractivity contribution is -0.111. The molecule has 0 saturated carbocycles. The van der Waals surface area contributed by atoms with Crippen LogP contribution in [0, 0.1) is 5.92 Å². The highest BCUT2D eigenvalue weighted by molar-refractivity contribution is 6.02. The molecule has 1 N–H and O–H groups in total. The Morgan fingerprint density at radius 1 is 1.00 bits per heavy atom. The van der Waals surface area contributed by atoms with Crippen molar-refractivity contribution < 1.29 is 9.53 Å². The molecule has 3 aromatic rings. The van der Waals surface area contributed by atoms with Crippen LogP contribution >= 0.6 is 0 Å². The van der Waals surface area contributed by atoms with Crippen molar-refractivity contribution in [2.75, 3.05) is 23.3 Å². The van der Waals surface area contributed by atoms with Gasteiger partial charge in [0, 0.05) is 30.5 Å². The Hall–Kier alpha value is -3.53. The van der Waals surface area contributed by atoms with E-state index in [1.165, 1.54) is 18.5 Å². The third-order valence-corrected chi connectivity index (χ3v) is 5.82. The maximum absolute atomic E-state index is 12.4. The van der Waals surface area contributed by atoms with Crippen molar-refractivity contribution in [1.29, 1.82) is 0 Å². The molecule has 32 heavy (non-hydrogen) atoms. The van der Waals surface area contributed by atoms with E-state index >= 15 is 0 Å². The molecule has 1 heterocycles. The van der Waals surface area contributed by atoms with Crippen LogP contribution in [0.4, 0.5) is 11.4 Å². The zero-order valence-electron chi connectivity index (χ0n) is 18.5. The normalized spacial score (nSPS) is 14.5. The van der Waals surface area contributed by atoms with Crippen LogP contribution in [0.2, 0.25) is 0 Å². The van der Waals surface area contributed by atoms with Gasteiger partial charge < -0.3 is 15.0 Å². The van der Waals surface area contributed by atoms with Gasteiger partial charge in [-0.3, -0.25) is 4.79 Å². The molecule has 1 saturated heterocycles. The summed E-state index contributed by atoms with van der Waals surface area (Å²) in [5.74, 6) is 1.44. The zero-order valence-corrected chi connectivity index (χ0v) is 18.5. The number of carbonyl (C=O) groups excluding carboxylic acids is 1. The molecule has 4 nitrogen and oxygen atoms in total. The van der Waals surface area contributed by atoms with Crippen LogP contribution in [0.1, 0.15) is 30.9 Å². The van der Waals surface area contributed by atoms with E-state index < -0.39 is 0 Å².